The molecule has 1 atom stereocenters. The molecule has 0 aliphatic carbocycles. The highest BCUT2D eigenvalue weighted by Crippen LogP contribution is 2.33. The van der Waals surface area contributed by atoms with Crippen molar-refractivity contribution in [2.24, 2.45) is 0 Å². The van der Waals surface area contributed by atoms with Crippen LogP contribution in [0.3, 0.4) is 0 Å². The van der Waals surface area contributed by atoms with Crippen LogP contribution >= 0.6 is 11.6 Å². The third kappa shape index (κ3) is 2.72. The number of nitrogens with zero attached hydrogens (tertiary/aromatic N) is 2. The Morgan fingerprint density at radius 2 is 2.25 bits per heavy atom. The first kappa shape index (κ1) is 12.9. The largest absolute Gasteiger partial charge is 0.384 e. The second-order valence-electron chi connectivity index (χ2n) is 4.62. The number of amides is 1. The Morgan fingerprint density at radius 3 is 3.10 bits per heavy atom. The molecule has 0 spiro atoms. The van der Waals surface area contributed by atoms with E-state index in [0.717, 1.165) is 12.2 Å². The van der Waals surface area contributed by atoms with E-state index in [9.17, 15) is 4.79 Å². The summed E-state index contributed by atoms with van der Waals surface area (Å²) in [6, 6.07) is 9.59. The third-order valence-electron chi connectivity index (χ3n) is 3.24. The zero-order valence-electron chi connectivity index (χ0n) is 10.6. The molecule has 1 amide bonds. The number of benzene rings is 1. The zero-order valence-corrected chi connectivity index (χ0v) is 11.4. The molecule has 1 aliphatic rings. The maximum absolute atomic E-state index is 12.0. The molecule has 2 heterocycles. The quantitative estimate of drug-likeness (QED) is 0.852. The van der Waals surface area contributed by atoms with Gasteiger partial charge < -0.3 is 5.32 Å². The molecule has 0 saturated carbocycles. The van der Waals surface area contributed by atoms with Crippen molar-refractivity contribution < 1.29 is 4.79 Å². The van der Waals surface area contributed by atoms with Crippen molar-refractivity contribution in [2.45, 2.75) is 12.3 Å². The predicted octanol–water partition coefficient (Wildman–Crippen LogP) is 2.67. The highest BCUT2D eigenvalue weighted by atomic mass is 35.5. The summed E-state index contributed by atoms with van der Waals surface area (Å²) < 4.78 is 0. The lowest BCUT2D eigenvalue weighted by molar-refractivity contribution is -0.116. The minimum absolute atomic E-state index is 0.115. The van der Waals surface area contributed by atoms with E-state index in [4.69, 9.17) is 11.6 Å². The summed E-state index contributed by atoms with van der Waals surface area (Å²) in [5.41, 5.74) is 2.28. The van der Waals surface area contributed by atoms with Gasteiger partial charge in [-0.3, -0.25) is 10.1 Å². The standard InChI is InChI=1S/C14H13ClN4O/c15-12-5-6-16-14(18-12)19-13(20)7-9-8-17-11-4-2-1-3-10(9)11/h1-6,9,17H,7-8H2,(H,16,18,19,20). The summed E-state index contributed by atoms with van der Waals surface area (Å²) in [5, 5.41) is 6.27. The van der Waals surface area contributed by atoms with E-state index in [1.165, 1.54) is 11.8 Å². The topological polar surface area (TPSA) is 66.9 Å². The van der Waals surface area contributed by atoms with Gasteiger partial charge in [0.25, 0.3) is 0 Å². The fourth-order valence-corrected chi connectivity index (χ4v) is 2.47. The molecule has 1 unspecified atom stereocenters. The number of carbonyl (C=O) groups is 1. The number of halogens is 1. The number of hydrogen-bond acceptors (Lipinski definition) is 4. The number of para-hydroxylation sites is 1. The summed E-state index contributed by atoms with van der Waals surface area (Å²) in [7, 11) is 0. The second-order valence-corrected chi connectivity index (χ2v) is 5.01. The summed E-state index contributed by atoms with van der Waals surface area (Å²) >= 11 is 5.75. The minimum Gasteiger partial charge on any atom is -0.384 e. The van der Waals surface area contributed by atoms with Crippen molar-refractivity contribution >= 4 is 29.1 Å². The van der Waals surface area contributed by atoms with Crippen LogP contribution in [0.25, 0.3) is 0 Å². The highest BCUT2D eigenvalue weighted by Gasteiger charge is 2.24. The van der Waals surface area contributed by atoms with Gasteiger partial charge in [-0.05, 0) is 17.7 Å². The van der Waals surface area contributed by atoms with Gasteiger partial charge in [-0.1, -0.05) is 29.8 Å². The van der Waals surface area contributed by atoms with Crippen LogP contribution < -0.4 is 10.6 Å². The van der Waals surface area contributed by atoms with E-state index >= 15 is 0 Å². The molecule has 2 aromatic rings. The molecule has 1 aliphatic heterocycles. The van der Waals surface area contributed by atoms with Gasteiger partial charge in [0.15, 0.2) is 0 Å². The number of anilines is 2. The van der Waals surface area contributed by atoms with Crippen molar-refractivity contribution in [1.29, 1.82) is 0 Å². The molecule has 0 fully saturated rings. The normalized spacial score (nSPS) is 16.4. The van der Waals surface area contributed by atoms with E-state index in [-0.39, 0.29) is 17.8 Å². The van der Waals surface area contributed by atoms with Crippen LogP contribution in [-0.4, -0.2) is 22.4 Å². The Morgan fingerprint density at radius 1 is 1.40 bits per heavy atom. The van der Waals surface area contributed by atoms with Crippen molar-refractivity contribution in [1.82, 2.24) is 9.97 Å². The average molecular weight is 289 g/mol. The minimum atomic E-state index is -0.115. The van der Waals surface area contributed by atoms with Crippen molar-refractivity contribution in [3.05, 3.63) is 47.2 Å². The molecule has 6 heteroatoms. The molecular formula is C14H13ClN4O. The maximum atomic E-state index is 12.0. The number of rotatable bonds is 3. The van der Waals surface area contributed by atoms with Crippen LogP contribution in [0.15, 0.2) is 36.5 Å². The summed E-state index contributed by atoms with van der Waals surface area (Å²) in [5.74, 6) is 0.294. The van der Waals surface area contributed by atoms with Crippen LogP contribution in [0, 0.1) is 0 Å². The monoisotopic (exact) mass is 288 g/mol. The zero-order chi connectivity index (χ0) is 13.9. The Labute approximate surface area is 121 Å². The van der Waals surface area contributed by atoms with Crippen LogP contribution in [0.1, 0.15) is 17.9 Å². The van der Waals surface area contributed by atoms with Gasteiger partial charge in [-0.25, -0.2) is 9.97 Å². The fourth-order valence-electron chi connectivity index (χ4n) is 2.34. The van der Waals surface area contributed by atoms with E-state index in [2.05, 4.69) is 20.6 Å². The van der Waals surface area contributed by atoms with Gasteiger partial charge in [0, 0.05) is 30.8 Å². The number of aromatic nitrogens is 2. The van der Waals surface area contributed by atoms with Gasteiger partial charge in [0.05, 0.1) is 0 Å². The lowest BCUT2D eigenvalue weighted by atomic mass is 9.98. The van der Waals surface area contributed by atoms with Crippen molar-refractivity contribution in [3.63, 3.8) is 0 Å². The summed E-state index contributed by atoms with van der Waals surface area (Å²) in [6.45, 7) is 0.767. The van der Waals surface area contributed by atoms with E-state index < -0.39 is 0 Å². The van der Waals surface area contributed by atoms with Crippen LogP contribution in [0.4, 0.5) is 11.6 Å². The number of hydrogen-bond donors (Lipinski definition) is 2. The fraction of sp³-hybridized carbons (Fsp3) is 0.214. The Bertz CT molecular complexity index is 647. The molecule has 0 bridgehead atoms. The second kappa shape index (κ2) is 5.46. The smallest absolute Gasteiger partial charge is 0.230 e. The van der Waals surface area contributed by atoms with Crippen molar-refractivity contribution in [2.75, 3.05) is 17.2 Å². The molecule has 1 aromatic carbocycles. The lowest BCUT2D eigenvalue weighted by Gasteiger charge is -2.09. The molecule has 0 saturated heterocycles. The van der Waals surface area contributed by atoms with Crippen LogP contribution in [-0.2, 0) is 4.79 Å². The van der Waals surface area contributed by atoms with Gasteiger partial charge in [-0.15, -0.1) is 0 Å². The van der Waals surface area contributed by atoms with Gasteiger partial charge in [-0.2, -0.15) is 0 Å². The van der Waals surface area contributed by atoms with Gasteiger partial charge >= 0.3 is 0 Å². The molecule has 102 valence electrons. The lowest BCUT2D eigenvalue weighted by Crippen LogP contribution is -2.18. The third-order valence-corrected chi connectivity index (χ3v) is 3.45. The molecule has 20 heavy (non-hydrogen) atoms. The van der Waals surface area contributed by atoms with Gasteiger partial charge in [0.1, 0.15) is 5.15 Å². The SMILES string of the molecule is O=C(CC1CNc2ccccc21)Nc1nccc(Cl)n1. The van der Waals surface area contributed by atoms with Crippen LogP contribution in [0.5, 0.6) is 0 Å². The molecule has 2 N–H and O–H groups in total. The van der Waals surface area contributed by atoms with E-state index in [0.29, 0.717) is 11.6 Å². The first-order chi connectivity index (χ1) is 9.72. The first-order valence-electron chi connectivity index (χ1n) is 6.33. The molecular weight excluding hydrogens is 276 g/mol. The highest BCUT2D eigenvalue weighted by molar-refractivity contribution is 6.29. The number of nitrogens with one attached hydrogen (secondary N) is 2. The summed E-state index contributed by atoms with van der Waals surface area (Å²) in [4.78, 5) is 19.9. The molecule has 1 aromatic heterocycles. The van der Waals surface area contributed by atoms with Gasteiger partial charge in [0.2, 0.25) is 11.9 Å². The van der Waals surface area contributed by atoms with Crippen LogP contribution in [0.2, 0.25) is 5.15 Å². The number of carbonyl (C=O) groups excluding carboxylic acids is 1. The maximum Gasteiger partial charge on any atom is 0.230 e. The van der Waals surface area contributed by atoms with E-state index in [1.807, 2.05) is 24.3 Å². The Hall–Kier alpha value is -2.14. The Kier molecular flexibility index (Phi) is 3.52. The predicted molar refractivity (Wildman–Crippen MR) is 78.0 cm³/mol. The first-order valence-corrected chi connectivity index (χ1v) is 6.71. The number of fused-ring (bicyclic) bond motifs is 1. The Balaban J connectivity index is 1.66. The molecule has 5 nitrogen and oxygen atoms in total. The molecule has 0 radical (unpaired) electrons. The molecule has 3 rings (SSSR count). The average Bonchev–Trinajstić information content (AvgIpc) is 2.82. The summed E-state index contributed by atoms with van der Waals surface area (Å²) in [6.07, 6.45) is 1.90. The van der Waals surface area contributed by atoms with Crippen molar-refractivity contribution in [3.8, 4) is 0 Å². The van der Waals surface area contributed by atoms with E-state index in [1.54, 1.807) is 6.07 Å².